The summed E-state index contributed by atoms with van der Waals surface area (Å²) in [7, 11) is 0. The van der Waals surface area contributed by atoms with Gasteiger partial charge in [0.1, 0.15) is 12.5 Å². The van der Waals surface area contributed by atoms with E-state index in [2.05, 4.69) is 46.9 Å². The van der Waals surface area contributed by atoms with Crippen LogP contribution >= 0.6 is 0 Å². The number of nitrogens with zero attached hydrogens (tertiary/aromatic N) is 2. The summed E-state index contributed by atoms with van der Waals surface area (Å²) in [5.41, 5.74) is 9.32. The van der Waals surface area contributed by atoms with E-state index in [4.69, 9.17) is 4.74 Å². The zero-order valence-electron chi connectivity index (χ0n) is 16.4. The van der Waals surface area contributed by atoms with Crippen LogP contribution in [0.2, 0.25) is 0 Å². The molecule has 6 rings (SSSR count). The third-order valence-corrected chi connectivity index (χ3v) is 6.78. The van der Waals surface area contributed by atoms with Crippen molar-refractivity contribution in [3.63, 3.8) is 0 Å². The summed E-state index contributed by atoms with van der Waals surface area (Å²) in [6.45, 7) is 5.96. The molecule has 0 radical (unpaired) electrons. The van der Waals surface area contributed by atoms with Crippen molar-refractivity contribution in [1.82, 2.24) is 21.0 Å². The molecule has 28 heavy (non-hydrogen) atoms. The van der Waals surface area contributed by atoms with Gasteiger partial charge in [0, 0.05) is 18.8 Å². The first-order valence-electron chi connectivity index (χ1n) is 10.4. The normalized spacial score (nSPS) is 34.6. The fraction of sp³-hybridized carbons (Fsp3) is 0.571. The molecular weight excluding hydrogens is 354 g/mol. The zero-order valence-corrected chi connectivity index (χ0v) is 16.4. The van der Waals surface area contributed by atoms with Gasteiger partial charge in [0.25, 0.3) is 5.91 Å². The van der Waals surface area contributed by atoms with E-state index in [1.807, 2.05) is 11.2 Å². The number of nitrogens with one attached hydrogen (secondary N) is 3. The fourth-order valence-corrected chi connectivity index (χ4v) is 5.26. The summed E-state index contributed by atoms with van der Waals surface area (Å²) in [5, 5.41) is 8.73. The van der Waals surface area contributed by atoms with Crippen LogP contribution in [0.1, 0.15) is 41.9 Å². The summed E-state index contributed by atoms with van der Waals surface area (Å²) in [4.78, 5) is 15.1. The van der Waals surface area contributed by atoms with E-state index >= 15 is 0 Å². The molecule has 1 aromatic carbocycles. The van der Waals surface area contributed by atoms with Crippen LogP contribution in [0.25, 0.3) is 0 Å². The first-order valence-corrected chi connectivity index (χ1v) is 10.4. The number of anilines is 1. The number of ether oxygens (including phenoxy) is 1. The van der Waals surface area contributed by atoms with Crippen molar-refractivity contribution in [2.24, 2.45) is 0 Å². The molecule has 2 bridgehead atoms. The molecule has 3 saturated heterocycles. The van der Waals surface area contributed by atoms with Gasteiger partial charge in [-0.3, -0.25) is 20.0 Å². The van der Waals surface area contributed by atoms with Crippen LogP contribution in [0.5, 0.6) is 0 Å². The number of hydrogen-bond acceptors (Lipinski definition) is 6. The number of benzene rings is 1. The van der Waals surface area contributed by atoms with Crippen molar-refractivity contribution in [2.45, 2.75) is 63.6 Å². The van der Waals surface area contributed by atoms with Gasteiger partial charge in [-0.05, 0) is 55.7 Å². The zero-order chi connectivity index (χ0) is 19.0. The third kappa shape index (κ3) is 2.61. The van der Waals surface area contributed by atoms with Crippen LogP contribution in [-0.4, -0.2) is 48.6 Å². The number of carbonyl (C=O) groups excluding carboxylic acids is 1. The molecule has 4 atom stereocenters. The van der Waals surface area contributed by atoms with E-state index in [9.17, 15) is 4.79 Å². The Labute approximate surface area is 165 Å². The molecule has 7 heteroatoms. The lowest BCUT2D eigenvalue weighted by Crippen LogP contribution is -2.68. The Morgan fingerprint density at radius 2 is 1.96 bits per heavy atom. The molecule has 2 unspecified atom stereocenters. The second kappa shape index (κ2) is 6.03. The van der Waals surface area contributed by atoms with E-state index in [-0.39, 0.29) is 18.4 Å². The monoisotopic (exact) mass is 381 g/mol. The average molecular weight is 381 g/mol. The van der Waals surface area contributed by atoms with E-state index in [1.165, 1.54) is 29.5 Å². The maximum atomic E-state index is 12.8. The number of morpholine rings is 1. The number of hydrazine groups is 1. The summed E-state index contributed by atoms with van der Waals surface area (Å²) >= 11 is 0. The smallest absolute Gasteiger partial charge is 0.254 e. The SMILES string of the molecule is Cc1cc(C2CC2)cc(C)c1N1C=C2C(=O)NC(N3C[C@H]4C[C@@H]3CO4)NC2N1. The van der Waals surface area contributed by atoms with Crippen molar-refractivity contribution < 1.29 is 9.53 Å². The largest absolute Gasteiger partial charge is 0.375 e. The van der Waals surface area contributed by atoms with E-state index in [1.54, 1.807) is 0 Å². The predicted molar refractivity (Wildman–Crippen MR) is 105 cm³/mol. The highest BCUT2D eigenvalue weighted by atomic mass is 16.5. The van der Waals surface area contributed by atoms with Crippen LogP contribution in [-0.2, 0) is 9.53 Å². The Morgan fingerprint density at radius 1 is 1.18 bits per heavy atom. The average Bonchev–Trinajstić information content (AvgIpc) is 3.08. The van der Waals surface area contributed by atoms with Crippen LogP contribution in [0.4, 0.5) is 5.69 Å². The number of aryl methyl sites for hydroxylation is 2. The molecule has 1 amide bonds. The van der Waals surface area contributed by atoms with Gasteiger partial charge in [0.2, 0.25) is 0 Å². The number of carbonyl (C=O) groups is 1. The molecule has 4 aliphatic heterocycles. The molecule has 5 aliphatic rings. The van der Waals surface area contributed by atoms with Crippen LogP contribution < -0.4 is 21.1 Å². The number of amides is 1. The number of rotatable bonds is 3. The standard InChI is InChI=1S/C21H27N5O2/c1-11-5-14(13-3-4-13)6-12(2)18(11)26-9-17-19(24-26)22-21(23-20(17)27)25-8-16-7-15(25)10-28-16/h5-6,9,13,15-16,19,21-22,24H,3-4,7-8,10H2,1-2H3,(H,23,27)/t15-,16-,19?,21?/m1/s1. The second-order valence-corrected chi connectivity index (χ2v) is 8.88. The summed E-state index contributed by atoms with van der Waals surface area (Å²) in [6, 6.07) is 5.00. The maximum absolute atomic E-state index is 12.8. The molecule has 1 aliphatic carbocycles. The third-order valence-electron chi connectivity index (χ3n) is 6.78. The van der Waals surface area contributed by atoms with E-state index in [0.717, 1.165) is 36.8 Å². The van der Waals surface area contributed by atoms with Crippen molar-refractivity contribution >= 4 is 11.6 Å². The molecule has 1 saturated carbocycles. The van der Waals surface area contributed by atoms with Crippen LogP contribution in [0, 0.1) is 13.8 Å². The molecule has 7 nitrogen and oxygen atoms in total. The van der Waals surface area contributed by atoms with Gasteiger partial charge in [-0.2, -0.15) is 0 Å². The minimum absolute atomic E-state index is 0.00246. The van der Waals surface area contributed by atoms with Crippen molar-refractivity contribution in [1.29, 1.82) is 0 Å². The highest BCUT2D eigenvalue weighted by Gasteiger charge is 2.46. The Balaban J connectivity index is 1.24. The lowest BCUT2D eigenvalue weighted by Gasteiger charge is -2.40. The summed E-state index contributed by atoms with van der Waals surface area (Å²) in [6.07, 6.45) is 5.59. The molecule has 0 spiro atoms. The lowest BCUT2D eigenvalue weighted by atomic mass is 10.0. The van der Waals surface area contributed by atoms with Crippen molar-refractivity contribution in [3.8, 4) is 0 Å². The minimum Gasteiger partial charge on any atom is -0.375 e. The highest BCUT2D eigenvalue weighted by molar-refractivity contribution is 5.97. The molecular formula is C21H27N5O2. The highest BCUT2D eigenvalue weighted by Crippen LogP contribution is 2.42. The van der Waals surface area contributed by atoms with Gasteiger partial charge in [-0.15, -0.1) is 0 Å². The quantitative estimate of drug-likeness (QED) is 0.731. The second-order valence-electron chi connectivity index (χ2n) is 8.88. The fourth-order valence-electron chi connectivity index (χ4n) is 5.26. The predicted octanol–water partition coefficient (Wildman–Crippen LogP) is 1.19. The molecule has 4 fully saturated rings. The van der Waals surface area contributed by atoms with Crippen molar-refractivity contribution in [3.05, 3.63) is 40.6 Å². The van der Waals surface area contributed by atoms with Gasteiger partial charge in [-0.1, -0.05) is 12.1 Å². The van der Waals surface area contributed by atoms with Gasteiger partial charge in [-0.25, -0.2) is 5.43 Å². The van der Waals surface area contributed by atoms with Gasteiger partial charge >= 0.3 is 0 Å². The Kier molecular flexibility index (Phi) is 3.66. The van der Waals surface area contributed by atoms with Crippen LogP contribution in [0.3, 0.4) is 0 Å². The van der Waals surface area contributed by atoms with Crippen molar-refractivity contribution in [2.75, 3.05) is 18.2 Å². The minimum atomic E-state index is -0.180. The molecule has 0 aromatic heterocycles. The summed E-state index contributed by atoms with van der Waals surface area (Å²) < 4.78 is 5.70. The Hall–Kier alpha value is -1.93. The Morgan fingerprint density at radius 3 is 2.61 bits per heavy atom. The topological polar surface area (TPSA) is 68.9 Å². The molecule has 3 N–H and O–H groups in total. The van der Waals surface area contributed by atoms with Gasteiger partial charge in [0.05, 0.1) is 24.0 Å². The summed E-state index contributed by atoms with van der Waals surface area (Å²) in [5.74, 6) is 0.740. The van der Waals surface area contributed by atoms with Gasteiger partial charge in [0.15, 0.2) is 0 Å². The molecule has 148 valence electrons. The molecule has 1 aromatic rings. The lowest BCUT2D eigenvalue weighted by molar-refractivity contribution is -0.123. The van der Waals surface area contributed by atoms with E-state index in [0.29, 0.717) is 12.1 Å². The maximum Gasteiger partial charge on any atom is 0.254 e. The first kappa shape index (κ1) is 17.0. The molecule has 4 heterocycles. The number of fused-ring (bicyclic) bond motifs is 3. The van der Waals surface area contributed by atoms with E-state index < -0.39 is 0 Å². The first-order chi connectivity index (χ1) is 13.6. The number of hydrogen-bond donors (Lipinski definition) is 3. The van der Waals surface area contributed by atoms with Gasteiger partial charge < -0.3 is 10.1 Å². The number of likely N-dealkylation sites (tertiary alicyclic amines) is 1. The Bertz CT molecular complexity index is 857. The van der Waals surface area contributed by atoms with Crippen LogP contribution in [0.15, 0.2) is 23.9 Å².